The average molecular weight is 369 g/mol. The number of nitrogens with zero attached hydrogens (tertiary/aromatic N) is 3. The third-order valence-corrected chi connectivity index (χ3v) is 3.58. The second-order valence-electron chi connectivity index (χ2n) is 4.95. The SMILES string of the molecule is [O-2].[O-2].[O-]c1ccccc1-c1nc(-c2ccccn2)c2ccccn12.[V]. The van der Waals surface area contributed by atoms with Gasteiger partial charge >= 0.3 is 0 Å². The molecule has 0 aliphatic rings. The van der Waals surface area contributed by atoms with Gasteiger partial charge in [0.1, 0.15) is 11.5 Å². The Labute approximate surface area is 156 Å². The molecule has 3 heterocycles. The monoisotopic (exact) mass is 369 g/mol. The predicted molar refractivity (Wildman–Crippen MR) is 84.7 cm³/mol. The summed E-state index contributed by atoms with van der Waals surface area (Å²) in [7, 11) is 0. The van der Waals surface area contributed by atoms with Gasteiger partial charge in [0.25, 0.3) is 0 Å². The first-order valence-electron chi connectivity index (χ1n) is 6.99. The molecule has 1 radical (unpaired) electrons. The van der Waals surface area contributed by atoms with Crippen molar-refractivity contribution in [3.8, 4) is 28.5 Å². The predicted octanol–water partition coefficient (Wildman–Crippen LogP) is 2.90. The minimum absolute atomic E-state index is 0. The van der Waals surface area contributed by atoms with Crippen molar-refractivity contribution in [1.82, 2.24) is 14.4 Å². The maximum Gasteiger partial charge on any atom is 0.144 e. The molecule has 0 spiro atoms. The van der Waals surface area contributed by atoms with Crippen LogP contribution >= 0.6 is 0 Å². The fourth-order valence-electron chi connectivity index (χ4n) is 2.57. The molecule has 7 heteroatoms. The molecule has 4 aromatic rings. The first-order valence-corrected chi connectivity index (χ1v) is 6.99. The Bertz CT molecular complexity index is 958. The third kappa shape index (κ3) is 3.57. The summed E-state index contributed by atoms with van der Waals surface area (Å²) in [5.74, 6) is 0.604. The summed E-state index contributed by atoms with van der Waals surface area (Å²) in [4.78, 5) is 9.07. The topological polar surface area (TPSA) is 110 Å². The van der Waals surface area contributed by atoms with Crippen molar-refractivity contribution >= 4 is 5.52 Å². The van der Waals surface area contributed by atoms with Gasteiger partial charge in [0.2, 0.25) is 0 Å². The number of fused-ring (bicyclic) bond motifs is 1. The first-order chi connectivity index (χ1) is 10.8. The Hall–Kier alpha value is -2.64. The number of rotatable bonds is 2. The van der Waals surface area contributed by atoms with Gasteiger partial charge in [-0.1, -0.05) is 42.1 Å². The van der Waals surface area contributed by atoms with Gasteiger partial charge in [0.05, 0.1) is 11.2 Å². The van der Waals surface area contributed by atoms with Crippen LogP contribution in [0.5, 0.6) is 5.75 Å². The summed E-state index contributed by atoms with van der Waals surface area (Å²) in [5.41, 5.74) is 3.09. The molecule has 127 valence electrons. The van der Waals surface area contributed by atoms with E-state index >= 15 is 0 Å². The van der Waals surface area contributed by atoms with Crippen molar-refractivity contribution in [2.24, 2.45) is 0 Å². The van der Waals surface area contributed by atoms with Gasteiger partial charge in [-0.15, -0.1) is 0 Å². The zero-order valence-corrected chi connectivity index (χ0v) is 14.3. The molecule has 0 atom stereocenters. The standard InChI is InChI=1S/C18H13N3O.2O.V/c22-16-10-2-1-7-13(16)18-20-17(14-8-3-5-11-19-14)15-9-4-6-12-21(15)18;;;/h1-12,22H;;;/q;2*-2;/p-1. The van der Waals surface area contributed by atoms with Gasteiger partial charge < -0.3 is 16.1 Å². The summed E-state index contributed by atoms with van der Waals surface area (Å²) >= 11 is 0. The fraction of sp³-hybridized carbons (Fsp3) is 0. The molecule has 0 amide bonds. The number of hydrogen-bond donors (Lipinski definition) is 0. The van der Waals surface area contributed by atoms with Crippen LogP contribution in [0.3, 0.4) is 0 Å². The summed E-state index contributed by atoms with van der Waals surface area (Å²) in [6, 6.07) is 18.5. The van der Waals surface area contributed by atoms with Crippen LogP contribution in [0, 0.1) is 0 Å². The van der Waals surface area contributed by atoms with Crippen molar-refractivity contribution < 1.29 is 34.6 Å². The van der Waals surface area contributed by atoms with E-state index in [-0.39, 0.29) is 35.3 Å². The normalized spacial score (nSPS) is 9.60. The molecule has 6 nitrogen and oxygen atoms in total. The largest absolute Gasteiger partial charge is 2.00 e. The van der Waals surface area contributed by atoms with Crippen LogP contribution in [0.2, 0.25) is 0 Å². The van der Waals surface area contributed by atoms with Crippen LogP contribution in [0.25, 0.3) is 28.3 Å². The van der Waals surface area contributed by atoms with Gasteiger partial charge in [-0.3, -0.25) is 9.38 Å². The smallest absolute Gasteiger partial charge is 0.144 e. The van der Waals surface area contributed by atoms with Crippen molar-refractivity contribution in [1.29, 1.82) is 0 Å². The fourth-order valence-corrected chi connectivity index (χ4v) is 2.57. The van der Waals surface area contributed by atoms with Crippen LogP contribution in [-0.2, 0) is 29.5 Å². The molecular formula is C18H12N3O3V-5. The van der Waals surface area contributed by atoms with Gasteiger partial charge in [0, 0.05) is 36.5 Å². The number of aromatic nitrogens is 3. The third-order valence-electron chi connectivity index (χ3n) is 3.58. The summed E-state index contributed by atoms with van der Waals surface area (Å²) in [5, 5.41) is 12.1. The maximum absolute atomic E-state index is 12.1. The second kappa shape index (κ2) is 8.46. The van der Waals surface area contributed by atoms with Crippen molar-refractivity contribution in [2.75, 3.05) is 0 Å². The van der Waals surface area contributed by atoms with E-state index in [4.69, 9.17) is 4.98 Å². The Balaban J connectivity index is 0.00000104. The number of para-hydroxylation sites is 1. The molecule has 25 heavy (non-hydrogen) atoms. The molecule has 0 saturated heterocycles. The minimum Gasteiger partial charge on any atom is -2.00 e. The first kappa shape index (κ1) is 20.4. The van der Waals surface area contributed by atoms with E-state index in [1.54, 1.807) is 24.4 Å². The second-order valence-corrected chi connectivity index (χ2v) is 4.95. The van der Waals surface area contributed by atoms with E-state index in [0.29, 0.717) is 11.4 Å². The van der Waals surface area contributed by atoms with Gasteiger partial charge in [-0.2, -0.15) is 0 Å². The van der Waals surface area contributed by atoms with Crippen LogP contribution in [-0.4, -0.2) is 14.4 Å². The zero-order valence-electron chi connectivity index (χ0n) is 12.9. The molecule has 0 unspecified atom stereocenters. The van der Waals surface area contributed by atoms with Gasteiger partial charge in [0.15, 0.2) is 0 Å². The van der Waals surface area contributed by atoms with E-state index in [1.807, 2.05) is 53.1 Å². The van der Waals surface area contributed by atoms with Crippen LogP contribution in [0.1, 0.15) is 0 Å². The number of pyridine rings is 2. The average Bonchev–Trinajstić information content (AvgIpc) is 2.96. The van der Waals surface area contributed by atoms with Crippen LogP contribution < -0.4 is 5.11 Å². The van der Waals surface area contributed by atoms with Crippen molar-refractivity contribution in [3.63, 3.8) is 0 Å². The van der Waals surface area contributed by atoms with E-state index in [0.717, 1.165) is 16.9 Å². The molecule has 0 bridgehead atoms. The van der Waals surface area contributed by atoms with Gasteiger partial charge in [-0.05, 0) is 24.3 Å². The van der Waals surface area contributed by atoms with Crippen LogP contribution in [0.4, 0.5) is 0 Å². The molecule has 0 N–H and O–H groups in total. The zero-order chi connectivity index (χ0) is 14.9. The molecular weight excluding hydrogens is 357 g/mol. The quantitative estimate of drug-likeness (QED) is 0.542. The molecule has 1 aromatic carbocycles. The Morgan fingerprint density at radius 2 is 1.56 bits per heavy atom. The summed E-state index contributed by atoms with van der Waals surface area (Å²) < 4.78 is 1.93. The Kier molecular flexibility index (Phi) is 6.91. The van der Waals surface area contributed by atoms with Crippen molar-refractivity contribution in [3.05, 3.63) is 73.1 Å². The molecule has 0 aliphatic carbocycles. The van der Waals surface area contributed by atoms with Crippen LogP contribution in [0.15, 0.2) is 73.1 Å². The molecule has 3 aromatic heterocycles. The van der Waals surface area contributed by atoms with E-state index < -0.39 is 0 Å². The minimum atomic E-state index is -0.0363. The van der Waals surface area contributed by atoms with Gasteiger partial charge in [-0.25, -0.2) is 4.98 Å². The Morgan fingerprint density at radius 1 is 0.840 bits per heavy atom. The van der Waals surface area contributed by atoms with Crippen molar-refractivity contribution in [2.45, 2.75) is 0 Å². The molecule has 0 saturated carbocycles. The van der Waals surface area contributed by atoms with E-state index in [1.165, 1.54) is 0 Å². The summed E-state index contributed by atoms with van der Waals surface area (Å²) in [6.45, 7) is 0. The molecule has 4 rings (SSSR count). The number of benzene rings is 1. The number of imidazole rings is 1. The maximum atomic E-state index is 12.1. The van der Waals surface area contributed by atoms with E-state index in [2.05, 4.69) is 4.98 Å². The molecule has 0 aliphatic heterocycles. The van der Waals surface area contributed by atoms with E-state index in [9.17, 15) is 5.11 Å². The number of hydrogen-bond acceptors (Lipinski definition) is 3. The molecule has 0 fully saturated rings. The Morgan fingerprint density at radius 3 is 2.28 bits per heavy atom. The summed E-state index contributed by atoms with van der Waals surface area (Å²) in [6.07, 6.45) is 3.65.